The van der Waals surface area contributed by atoms with Crippen LogP contribution in [0.4, 0.5) is 20.5 Å². The van der Waals surface area contributed by atoms with Crippen LogP contribution in [0.25, 0.3) is 10.9 Å². The lowest BCUT2D eigenvalue weighted by Gasteiger charge is -2.39. The highest BCUT2D eigenvalue weighted by Gasteiger charge is 2.33. The highest BCUT2D eigenvalue weighted by atomic mass is 35.5. The predicted molar refractivity (Wildman–Crippen MR) is 139 cm³/mol. The summed E-state index contributed by atoms with van der Waals surface area (Å²) in [5, 5.41) is 7.09. The molecule has 1 atom stereocenters. The maximum atomic E-state index is 14.6. The number of methoxy groups -OCH3 is 1. The number of hydrogen-bond donors (Lipinski definition) is 2. The Morgan fingerprint density at radius 2 is 1.95 bits per heavy atom. The quantitative estimate of drug-likeness (QED) is 0.478. The van der Waals surface area contributed by atoms with Crippen LogP contribution < -0.4 is 20.3 Å². The van der Waals surface area contributed by atoms with E-state index < -0.39 is 11.6 Å². The molecular formula is C26H29ClF2N6O2. The van der Waals surface area contributed by atoms with E-state index in [1.54, 1.807) is 12.1 Å². The lowest BCUT2D eigenvalue weighted by atomic mass is 10.0. The Balaban J connectivity index is 1.38. The van der Waals surface area contributed by atoms with Gasteiger partial charge < -0.3 is 25.2 Å². The van der Waals surface area contributed by atoms with Gasteiger partial charge in [0.25, 0.3) is 0 Å². The van der Waals surface area contributed by atoms with Crippen LogP contribution in [0.5, 0.6) is 5.75 Å². The molecule has 8 nitrogen and oxygen atoms in total. The molecule has 3 heterocycles. The van der Waals surface area contributed by atoms with Crippen LogP contribution in [0.15, 0.2) is 30.3 Å². The summed E-state index contributed by atoms with van der Waals surface area (Å²) >= 11 is 5.87. The molecule has 1 unspecified atom stereocenters. The summed E-state index contributed by atoms with van der Waals surface area (Å²) in [5.41, 5.74) is 0.911. The molecule has 1 aromatic heterocycles. The molecule has 0 saturated carbocycles. The second-order valence-electron chi connectivity index (χ2n) is 9.43. The van der Waals surface area contributed by atoms with Crippen LogP contribution in [0.2, 0.25) is 5.02 Å². The Hall–Kier alpha value is -3.24. The van der Waals surface area contributed by atoms with E-state index in [1.165, 1.54) is 25.3 Å². The number of hydrogen-bond acceptors (Lipinski definition) is 7. The lowest BCUT2D eigenvalue weighted by Crippen LogP contribution is -2.56. The number of fused-ring (bicyclic) bond motifs is 1. The largest absolute Gasteiger partial charge is 0.494 e. The Kier molecular flexibility index (Phi) is 7.30. The minimum Gasteiger partial charge on any atom is -0.494 e. The van der Waals surface area contributed by atoms with Gasteiger partial charge >= 0.3 is 0 Å². The number of carbonyl (C=O) groups is 1. The van der Waals surface area contributed by atoms with E-state index in [1.807, 2.05) is 11.9 Å². The van der Waals surface area contributed by atoms with Gasteiger partial charge in [-0.05, 0) is 44.0 Å². The van der Waals surface area contributed by atoms with Gasteiger partial charge in [0.2, 0.25) is 11.9 Å². The third kappa shape index (κ3) is 5.26. The van der Waals surface area contributed by atoms with E-state index in [9.17, 15) is 13.6 Å². The van der Waals surface area contributed by atoms with Crippen molar-refractivity contribution in [3.63, 3.8) is 0 Å². The minimum atomic E-state index is -0.540. The van der Waals surface area contributed by atoms with E-state index in [2.05, 4.69) is 15.5 Å². The molecule has 196 valence electrons. The predicted octanol–water partition coefficient (Wildman–Crippen LogP) is 3.97. The number of likely N-dealkylation sites (N-methyl/N-ethyl adjacent to an activating group) is 1. The molecule has 2 aliphatic rings. The maximum Gasteiger partial charge on any atom is 0.239 e. The number of benzene rings is 2. The smallest absolute Gasteiger partial charge is 0.239 e. The number of piperidine rings is 1. The zero-order valence-corrected chi connectivity index (χ0v) is 21.5. The molecule has 0 spiro atoms. The molecule has 2 aliphatic heterocycles. The van der Waals surface area contributed by atoms with E-state index in [0.29, 0.717) is 46.3 Å². The Morgan fingerprint density at radius 1 is 1.19 bits per heavy atom. The molecule has 2 saturated heterocycles. The molecule has 3 aromatic rings. The first-order chi connectivity index (χ1) is 17.8. The van der Waals surface area contributed by atoms with E-state index >= 15 is 0 Å². The van der Waals surface area contributed by atoms with Crippen LogP contribution in [0.3, 0.4) is 0 Å². The van der Waals surface area contributed by atoms with Gasteiger partial charge in [-0.1, -0.05) is 17.7 Å². The van der Waals surface area contributed by atoms with Gasteiger partial charge in [0.15, 0.2) is 11.6 Å². The van der Waals surface area contributed by atoms with Gasteiger partial charge in [-0.2, -0.15) is 4.98 Å². The van der Waals surface area contributed by atoms with Crippen molar-refractivity contribution < 1.29 is 18.3 Å². The Bertz CT molecular complexity index is 1310. The summed E-state index contributed by atoms with van der Waals surface area (Å²) in [6, 6.07) is 7.39. The first kappa shape index (κ1) is 25.4. The van der Waals surface area contributed by atoms with Crippen LogP contribution >= 0.6 is 11.6 Å². The van der Waals surface area contributed by atoms with E-state index in [4.69, 9.17) is 26.3 Å². The first-order valence-corrected chi connectivity index (χ1v) is 12.7. The Morgan fingerprint density at radius 3 is 2.59 bits per heavy atom. The van der Waals surface area contributed by atoms with E-state index in [0.717, 1.165) is 25.8 Å². The van der Waals surface area contributed by atoms with Gasteiger partial charge in [-0.15, -0.1) is 0 Å². The van der Waals surface area contributed by atoms with Crippen LogP contribution in [0.1, 0.15) is 24.8 Å². The molecular weight excluding hydrogens is 502 g/mol. The molecule has 0 aliphatic carbocycles. The lowest BCUT2D eigenvalue weighted by molar-refractivity contribution is -0.136. The number of anilines is 2. The summed E-state index contributed by atoms with van der Waals surface area (Å²) in [6.07, 6.45) is 2.44. The van der Waals surface area contributed by atoms with Crippen molar-refractivity contribution >= 4 is 40.2 Å². The third-order valence-corrected chi connectivity index (χ3v) is 7.42. The average Bonchev–Trinajstić information content (AvgIpc) is 2.86. The molecule has 2 fully saturated rings. The number of nitrogens with one attached hydrogen (secondary N) is 2. The molecule has 37 heavy (non-hydrogen) atoms. The topological polar surface area (TPSA) is 82.6 Å². The van der Waals surface area contributed by atoms with Crippen molar-refractivity contribution in [2.75, 3.05) is 44.0 Å². The number of amides is 1. The van der Waals surface area contributed by atoms with Crippen LogP contribution in [0, 0.1) is 11.6 Å². The SMILES string of the molecule is COc1cc2nc(N3CCC(N(C)C(=O)C4CCN4)CC3)nc(NCc3ccc(Cl)cc3F)c2cc1F. The fourth-order valence-electron chi connectivity index (χ4n) is 4.77. The van der Waals surface area contributed by atoms with E-state index in [-0.39, 0.29) is 30.3 Å². The molecule has 5 rings (SSSR count). The molecule has 2 N–H and O–H groups in total. The fraction of sp³-hybridized carbons (Fsp3) is 0.423. The monoisotopic (exact) mass is 530 g/mol. The summed E-state index contributed by atoms with van der Waals surface area (Å²) in [6.45, 7) is 2.34. The van der Waals surface area contributed by atoms with Gasteiger partial charge in [-0.25, -0.2) is 13.8 Å². The van der Waals surface area contributed by atoms with Gasteiger partial charge in [0, 0.05) is 54.8 Å². The number of rotatable bonds is 7. The number of aromatic nitrogens is 2. The van der Waals surface area contributed by atoms with Crippen molar-refractivity contribution in [3.05, 3.63) is 52.6 Å². The van der Waals surface area contributed by atoms with Crippen molar-refractivity contribution in [2.24, 2.45) is 0 Å². The van der Waals surface area contributed by atoms with Gasteiger partial charge in [0.1, 0.15) is 11.6 Å². The zero-order valence-electron chi connectivity index (χ0n) is 20.7. The second-order valence-corrected chi connectivity index (χ2v) is 9.86. The van der Waals surface area contributed by atoms with Crippen molar-refractivity contribution in [2.45, 2.75) is 37.9 Å². The molecule has 2 aromatic carbocycles. The van der Waals surface area contributed by atoms with Crippen LogP contribution in [-0.2, 0) is 11.3 Å². The molecule has 0 bridgehead atoms. The summed E-state index contributed by atoms with van der Waals surface area (Å²) in [7, 11) is 3.27. The number of nitrogens with zero attached hydrogens (tertiary/aromatic N) is 4. The first-order valence-electron chi connectivity index (χ1n) is 12.3. The van der Waals surface area contributed by atoms with Crippen molar-refractivity contribution in [1.82, 2.24) is 20.2 Å². The highest BCUT2D eigenvalue weighted by molar-refractivity contribution is 6.30. The molecule has 11 heteroatoms. The van der Waals surface area contributed by atoms with Crippen molar-refractivity contribution in [1.29, 1.82) is 0 Å². The van der Waals surface area contributed by atoms with Gasteiger partial charge in [-0.3, -0.25) is 4.79 Å². The summed E-state index contributed by atoms with van der Waals surface area (Å²) in [4.78, 5) is 25.9. The standard InChI is InChI=1S/C26H29ClF2N6O2/c1-34(25(36)21-5-8-30-21)17-6-9-35(10-7-17)26-32-22-13-23(37-2)20(29)12-18(22)24(33-26)31-14-15-3-4-16(27)11-19(15)28/h3-4,11-13,17,21,30H,5-10,14H2,1-2H3,(H,31,32,33). The normalized spacial score (nSPS) is 18.0. The fourth-order valence-corrected chi connectivity index (χ4v) is 4.93. The molecule has 0 radical (unpaired) electrons. The van der Waals surface area contributed by atoms with Gasteiger partial charge in [0.05, 0.1) is 18.7 Å². The summed E-state index contributed by atoms with van der Waals surface area (Å²) < 4.78 is 34.1. The zero-order chi connectivity index (χ0) is 26.1. The number of halogens is 3. The Labute approximate surface area is 219 Å². The van der Waals surface area contributed by atoms with Crippen LogP contribution in [-0.4, -0.2) is 66.7 Å². The third-order valence-electron chi connectivity index (χ3n) is 7.18. The maximum absolute atomic E-state index is 14.6. The number of carbonyl (C=O) groups excluding carboxylic acids is 1. The number of ether oxygens (including phenoxy) is 1. The average molecular weight is 531 g/mol. The second kappa shape index (κ2) is 10.6. The highest BCUT2D eigenvalue weighted by Crippen LogP contribution is 2.31. The summed E-state index contributed by atoms with van der Waals surface area (Å²) in [5.74, 6) is 0.109. The molecule has 1 amide bonds. The van der Waals surface area contributed by atoms with Crippen molar-refractivity contribution in [3.8, 4) is 5.75 Å². The minimum absolute atomic E-state index is 0.0682.